The molecule has 0 saturated carbocycles. The molecule has 1 heterocycles. The molecule has 0 unspecified atom stereocenters. The Balaban J connectivity index is 2.56. The zero-order chi connectivity index (χ0) is 13.3. The maximum atomic E-state index is 4.29. The van der Waals surface area contributed by atoms with E-state index >= 15 is 0 Å². The fraction of sp³-hybridized carbons (Fsp3) is 0.357. The maximum Gasteiger partial charge on any atom is 0.0994 e. The van der Waals surface area contributed by atoms with E-state index in [1.165, 1.54) is 5.56 Å². The minimum absolute atomic E-state index is 0.115. The first-order valence-corrected chi connectivity index (χ1v) is 6.73. The molecule has 0 atom stereocenters. The van der Waals surface area contributed by atoms with Crippen LogP contribution in [-0.2, 0) is 5.54 Å². The largest absolute Gasteiger partial charge is 0.310 e. The molecule has 0 spiro atoms. The number of aromatic nitrogens is 2. The van der Waals surface area contributed by atoms with Gasteiger partial charge in [0.25, 0.3) is 0 Å². The van der Waals surface area contributed by atoms with Crippen LogP contribution in [0.2, 0.25) is 0 Å². The van der Waals surface area contributed by atoms with Crippen LogP contribution in [0.5, 0.6) is 0 Å². The molecule has 0 saturated heterocycles. The Morgan fingerprint density at radius 2 is 2.06 bits per heavy atom. The monoisotopic (exact) mass is 307 g/mol. The van der Waals surface area contributed by atoms with E-state index in [9.17, 15) is 0 Å². The molecule has 96 valence electrons. The third-order valence-corrected chi connectivity index (χ3v) is 3.82. The summed E-state index contributed by atoms with van der Waals surface area (Å²) in [5, 5.41) is 3.31. The van der Waals surface area contributed by atoms with Crippen LogP contribution in [0.25, 0.3) is 5.69 Å². The quantitative estimate of drug-likeness (QED) is 0.942. The van der Waals surface area contributed by atoms with Crippen LogP contribution in [0.15, 0.2) is 35.2 Å². The molecule has 1 aromatic carbocycles. The van der Waals surface area contributed by atoms with Gasteiger partial charge in [0.15, 0.2) is 0 Å². The molecule has 18 heavy (non-hydrogen) atoms. The van der Waals surface area contributed by atoms with E-state index in [4.69, 9.17) is 0 Å². The van der Waals surface area contributed by atoms with Crippen LogP contribution >= 0.6 is 15.9 Å². The number of aryl methyl sites for hydroxylation is 1. The van der Waals surface area contributed by atoms with E-state index in [2.05, 4.69) is 69.8 Å². The van der Waals surface area contributed by atoms with Gasteiger partial charge in [0.05, 0.1) is 23.8 Å². The Hall–Kier alpha value is -1.13. The predicted molar refractivity (Wildman–Crippen MR) is 78.1 cm³/mol. The van der Waals surface area contributed by atoms with Crippen molar-refractivity contribution in [3.8, 4) is 5.69 Å². The first-order valence-electron chi connectivity index (χ1n) is 5.94. The van der Waals surface area contributed by atoms with Gasteiger partial charge < -0.3 is 9.88 Å². The molecule has 0 fully saturated rings. The number of nitrogens with zero attached hydrogens (tertiary/aromatic N) is 2. The van der Waals surface area contributed by atoms with Crippen molar-refractivity contribution in [3.63, 3.8) is 0 Å². The first-order chi connectivity index (χ1) is 8.45. The van der Waals surface area contributed by atoms with E-state index < -0.39 is 0 Å². The summed E-state index contributed by atoms with van der Waals surface area (Å²) in [5.74, 6) is 0. The van der Waals surface area contributed by atoms with Gasteiger partial charge in [-0.3, -0.25) is 0 Å². The van der Waals surface area contributed by atoms with Crippen molar-refractivity contribution < 1.29 is 0 Å². The number of benzene rings is 1. The molecule has 2 rings (SSSR count). The molecule has 0 bridgehead atoms. The standard InChI is InChI=1S/C14H18BrN3/c1-10-7-11(15)5-6-12(10)18-9-17-8-13(18)14(2,3)16-4/h5-9,16H,1-4H3. The van der Waals surface area contributed by atoms with E-state index in [0.29, 0.717) is 0 Å². The summed E-state index contributed by atoms with van der Waals surface area (Å²) < 4.78 is 3.23. The van der Waals surface area contributed by atoms with Gasteiger partial charge in [0.1, 0.15) is 0 Å². The van der Waals surface area contributed by atoms with Gasteiger partial charge >= 0.3 is 0 Å². The number of hydrogen-bond acceptors (Lipinski definition) is 2. The zero-order valence-electron chi connectivity index (χ0n) is 11.2. The smallest absolute Gasteiger partial charge is 0.0994 e. The van der Waals surface area contributed by atoms with Gasteiger partial charge in [-0.15, -0.1) is 0 Å². The highest BCUT2D eigenvalue weighted by atomic mass is 79.9. The SMILES string of the molecule is CNC(C)(C)c1cncn1-c1ccc(Br)cc1C. The summed E-state index contributed by atoms with van der Waals surface area (Å²) in [6.45, 7) is 6.40. The molecule has 1 N–H and O–H groups in total. The Morgan fingerprint density at radius 3 is 2.67 bits per heavy atom. The molecule has 1 aromatic heterocycles. The average Bonchev–Trinajstić information content (AvgIpc) is 2.78. The molecule has 0 aliphatic rings. The van der Waals surface area contributed by atoms with Crippen LogP contribution in [0.4, 0.5) is 0 Å². The molecule has 0 aliphatic heterocycles. The van der Waals surface area contributed by atoms with Crippen molar-refractivity contribution in [1.29, 1.82) is 0 Å². The first kappa shape index (κ1) is 13.3. The summed E-state index contributed by atoms with van der Waals surface area (Å²) in [7, 11) is 1.96. The van der Waals surface area contributed by atoms with Gasteiger partial charge in [-0.25, -0.2) is 4.98 Å². The van der Waals surface area contributed by atoms with Crippen molar-refractivity contribution in [2.45, 2.75) is 26.3 Å². The lowest BCUT2D eigenvalue weighted by molar-refractivity contribution is 0.424. The van der Waals surface area contributed by atoms with Crippen LogP contribution in [0, 0.1) is 6.92 Å². The van der Waals surface area contributed by atoms with E-state index in [-0.39, 0.29) is 5.54 Å². The number of rotatable bonds is 3. The van der Waals surface area contributed by atoms with Gasteiger partial charge in [-0.2, -0.15) is 0 Å². The van der Waals surface area contributed by atoms with Crippen molar-refractivity contribution in [1.82, 2.24) is 14.9 Å². The van der Waals surface area contributed by atoms with Crippen LogP contribution in [0.3, 0.4) is 0 Å². The normalized spacial score (nSPS) is 11.8. The fourth-order valence-electron chi connectivity index (χ4n) is 1.97. The minimum Gasteiger partial charge on any atom is -0.310 e. The van der Waals surface area contributed by atoms with Crippen LogP contribution in [-0.4, -0.2) is 16.6 Å². The van der Waals surface area contributed by atoms with Crippen molar-refractivity contribution in [2.75, 3.05) is 7.05 Å². The third-order valence-electron chi connectivity index (χ3n) is 3.32. The zero-order valence-corrected chi connectivity index (χ0v) is 12.7. The lowest BCUT2D eigenvalue weighted by Gasteiger charge is -2.26. The van der Waals surface area contributed by atoms with Crippen LogP contribution < -0.4 is 5.32 Å². The van der Waals surface area contributed by atoms with E-state index in [1.54, 1.807) is 0 Å². The van der Waals surface area contributed by atoms with Crippen molar-refractivity contribution in [2.24, 2.45) is 0 Å². The second-order valence-corrected chi connectivity index (χ2v) is 5.87. The lowest BCUT2D eigenvalue weighted by Crippen LogP contribution is -2.35. The highest BCUT2D eigenvalue weighted by molar-refractivity contribution is 9.10. The third kappa shape index (κ3) is 2.35. The van der Waals surface area contributed by atoms with Crippen molar-refractivity contribution >= 4 is 15.9 Å². The van der Waals surface area contributed by atoms with Crippen molar-refractivity contribution in [3.05, 3.63) is 46.5 Å². The molecule has 0 radical (unpaired) electrons. The van der Waals surface area contributed by atoms with Gasteiger partial charge in [-0.05, 0) is 51.6 Å². The predicted octanol–water partition coefficient (Wildman–Crippen LogP) is 3.40. The molecule has 3 nitrogen and oxygen atoms in total. The van der Waals surface area contributed by atoms with Crippen LogP contribution in [0.1, 0.15) is 25.1 Å². The second-order valence-electron chi connectivity index (χ2n) is 4.95. The van der Waals surface area contributed by atoms with Gasteiger partial charge in [-0.1, -0.05) is 15.9 Å². The second kappa shape index (κ2) is 4.86. The number of halogens is 1. The van der Waals surface area contributed by atoms with Gasteiger partial charge in [0, 0.05) is 10.2 Å². The number of imidazole rings is 1. The Morgan fingerprint density at radius 1 is 1.33 bits per heavy atom. The number of hydrogen-bond donors (Lipinski definition) is 1. The summed E-state index contributed by atoms with van der Waals surface area (Å²) >= 11 is 3.49. The molecule has 0 aliphatic carbocycles. The molecule has 2 aromatic rings. The molecule has 4 heteroatoms. The Kier molecular flexibility index (Phi) is 3.59. The lowest BCUT2D eigenvalue weighted by atomic mass is 10.0. The molecular formula is C14H18BrN3. The highest BCUT2D eigenvalue weighted by Gasteiger charge is 2.23. The van der Waals surface area contributed by atoms with Gasteiger partial charge in [0.2, 0.25) is 0 Å². The summed E-state index contributed by atoms with van der Waals surface area (Å²) in [5.41, 5.74) is 3.41. The number of nitrogens with one attached hydrogen (secondary N) is 1. The summed E-state index contributed by atoms with van der Waals surface area (Å²) in [6.07, 6.45) is 3.78. The summed E-state index contributed by atoms with van der Waals surface area (Å²) in [4.78, 5) is 4.29. The summed E-state index contributed by atoms with van der Waals surface area (Å²) in [6, 6.07) is 6.28. The maximum absolute atomic E-state index is 4.29. The molecular weight excluding hydrogens is 290 g/mol. The van der Waals surface area contributed by atoms with E-state index in [1.807, 2.05) is 19.6 Å². The minimum atomic E-state index is -0.115. The Bertz CT molecular complexity index is 558. The van der Waals surface area contributed by atoms with E-state index in [0.717, 1.165) is 15.9 Å². The fourth-order valence-corrected chi connectivity index (χ4v) is 2.44. The topological polar surface area (TPSA) is 29.9 Å². The molecule has 0 amide bonds. The Labute approximate surface area is 116 Å². The highest BCUT2D eigenvalue weighted by Crippen LogP contribution is 2.25. The average molecular weight is 308 g/mol.